The molecule has 8 nitrogen and oxygen atoms in total. The first-order chi connectivity index (χ1) is 12.0. The van der Waals surface area contributed by atoms with Crippen LogP contribution in [0.4, 0.5) is 0 Å². The van der Waals surface area contributed by atoms with E-state index in [-0.39, 0.29) is 18.4 Å². The van der Waals surface area contributed by atoms with Gasteiger partial charge < -0.3 is 10.0 Å². The number of nitrogens with zero attached hydrogens (tertiary/aromatic N) is 5. The molecule has 1 N–H and O–H groups in total. The van der Waals surface area contributed by atoms with E-state index in [4.69, 9.17) is 5.11 Å². The summed E-state index contributed by atoms with van der Waals surface area (Å²) in [6.07, 6.45) is 3.67. The van der Waals surface area contributed by atoms with Crippen LogP contribution in [0.5, 0.6) is 0 Å². The van der Waals surface area contributed by atoms with Gasteiger partial charge in [0.15, 0.2) is 5.82 Å². The van der Waals surface area contributed by atoms with E-state index in [0.29, 0.717) is 30.2 Å². The maximum atomic E-state index is 12.8. The minimum Gasteiger partial charge on any atom is -0.481 e. The highest BCUT2D eigenvalue weighted by Crippen LogP contribution is 2.31. The van der Waals surface area contributed by atoms with Crippen molar-refractivity contribution in [2.75, 3.05) is 6.54 Å². The number of aromatic nitrogens is 4. The van der Waals surface area contributed by atoms with Crippen molar-refractivity contribution < 1.29 is 14.7 Å². The predicted molar refractivity (Wildman–Crippen MR) is 88.9 cm³/mol. The van der Waals surface area contributed by atoms with Gasteiger partial charge in [-0.05, 0) is 31.9 Å². The minimum atomic E-state index is -0.855. The third-order valence-electron chi connectivity index (χ3n) is 4.37. The molecule has 2 aromatic heterocycles. The van der Waals surface area contributed by atoms with Crippen LogP contribution < -0.4 is 0 Å². The zero-order valence-corrected chi connectivity index (χ0v) is 14.3. The monoisotopic (exact) mass is 343 g/mol. The molecule has 0 spiro atoms. The second-order valence-electron chi connectivity index (χ2n) is 6.25. The zero-order valence-electron chi connectivity index (χ0n) is 14.3. The number of carbonyl (C=O) groups is 2. The van der Waals surface area contributed by atoms with Crippen LogP contribution >= 0.6 is 0 Å². The van der Waals surface area contributed by atoms with Crippen molar-refractivity contribution in [3.05, 3.63) is 41.2 Å². The minimum absolute atomic E-state index is 0.0260. The van der Waals surface area contributed by atoms with Crippen molar-refractivity contribution in [1.82, 2.24) is 24.6 Å². The Labute approximate surface area is 145 Å². The van der Waals surface area contributed by atoms with Crippen molar-refractivity contribution in [1.29, 1.82) is 0 Å². The van der Waals surface area contributed by atoms with Crippen molar-refractivity contribution in [3.8, 4) is 0 Å². The Kier molecular flexibility index (Phi) is 4.78. The van der Waals surface area contributed by atoms with Gasteiger partial charge in [0.2, 0.25) is 0 Å². The number of hydrogen-bond donors (Lipinski definition) is 1. The number of aliphatic carboxylic acids is 1. The molecule has 2 aromatic rings. The standard InChI is InChI=1S/C17H21N5O3/c1-11-10-12(5-6-15(23)24)20-16(19-11)13-4-3-9-22(13)17(25)14-7-8-18-21(14)2/h7-8,10,13H,3-6,9H2,1-2H3,(H,23,24)/t13-/m0/s1. The lowest BCUT2D eigenvalue weighted by Crippen LogP contribution is -2.33. The van der Waals surface area contributed by atoms with E-state index < -0.39 is 5.97 Å². The van der Waals surface area contributed by atoms with Gasteiger partial charge in [0, 0.05) is 37.6 Å². The molecule has 1 amide bonds. The molecule has 1 saturated heterocycles. The lowest BCUT2D eigenvalue weighted by molar-refractivity contribution is -0.136. The molecule has 3 rings (SSSR count). The van der Waals surface area contributed by atoms with Crippen LogP contribution in [-0.4, -0.2) is 48.2 Å². The van der Waals surface area contributed by atoms with E-state index >= 15 is 0 Å². The molecule has 25 heavy (non-hydrogen) atoms. The Hall–Kier alpha value is -2.77. The normalized spacial score (nSPS) is 17.0. The van der Waals surface area contributed by atoms with E-state index in [2.05, 4.69) is 15.1 Å². The average molecular weight is 343 g/mol. The molecule has 0 bridgehead atoms. The number of carboxylic acid groups (broad SMARTS) is 1. The number of carboxylic acids is 1. The molecule has 0 radical (unpaired) electrons. The van der Waals surface area contributed by atoms with Gasteiger partial charge in [-0.25, -0.2) is 9.97 Å². The fourth-order valence-electron chi connectivity index (χ4n) is 3.18. The molecule has 1 aliphatic heterocycles. The third kappa shape index (κ3) is 3.67. The summed E-state index contributed by atoms with van der Waals surface area (Å²) in [5.41, 5.74) is 2.01. The highest BCUT2D eigenvalue weighted by Gasteiger charge is 2.33. The number of hydrogen-bond acceptors (Lipinski definition) is 5. The number of amides is 1. The molecular weight excluding hydrogens is 322 g/mol. The van der Waals surface area contributed by atoms with Gasteiger partial charge in [-0.1, -0.05) is 0 Å². The maximum Gasteiger partial charge on any atom is 0.303 e. The van der Waals surface area contributed by atoms with E-state index in [1.807, 2.05) is 6.92 Å². The van der Waals surface area contributed by atoms with Crippen molar-refractivity contribution in [3.63, 3.8) is 0 Å². The van der Waals surface area contributed by atoms with Crippen molar-refractivity contribution in [2.45, 2.75) is 38.6 Å². The fourth-order valence-corrected chi connectivity index (χ4v) is 3.18. The first-order valence-electron chi connectivity index (χ1n) is 8.31. The Morgan fingerprint density at radius 2 is 2.16 bits per heavy atom. The predicted octanol–water partition coefficient (Wildman–Crippen LogP) is 1.51. The number of rotatable bonds is 5. The van der Waals surface area contributed by atoms with E-state index in [0.717, 1.165) is 18.5 Å². The Bertz CT molecular complexity index is 801. The van der Waals surface area contributed by atoms with Gasteiger partial charge >= 0.3 is 5.97 Å². The summed E-state index contributed by atoms with van der Waals surface area (Å²) in [5.74, 6) is -0.347. The van der Waals surface area contributed by atoms with Gasteiger partial charge in [0.25, 0.3) is 5.91 Å². The zero-order chi connectivity index (χ0) is 18.0. The lowest BCUT2D eigenvalue weighted by atomic mass is 10.1. The molecular formula is C17H21N5O3. The fraction of sp³-hybridized carbons (Fsp3) is 0.471. The van der Waals surface area contributed by atoms with Crippen LogP contribution in [0, 0.1) is 6.92 Å². The molecule has 1 atom stereocenters. The van der Waals surface area contributed by atoms with Gasteiger partial charge in [-0.15, -0.1) is 0 Å². The lowest BCUT2D eigenvalue weighted by Gasteiger charge is -2.24. The summed E-state index contributed by atoms with van der Waals surface area (Å²) in [4.78, 5) is 34.5. The van der Waals surface area contributed by atoms with Crippen LogP contribution in [0.3, 0.4) is 0 Å². The second kappa shape index (κ2) is 7.00. The molecule has 132 valence electrons. The molecule has 1 aliphatic rings. The molecule has 3 heterocycles. The van der Waals surface area contributed by atoms with Crippen molar-refractivity contribution in [2.24, 2.45) is 7.05 Å². The summed E-state index contributed by atoms with van der Waals surface area (Å²) in [7, 11) is 1.74. The third-order valence-corrected chi connectivity index (χ3v) is 4.37. The topological polar surface area (TPSA) is 101 Å². The number of likely N-dealkylation sites (tertiary alicyclic amines) is 1. The first-order valence-corrected chi connectivity index (χ1v) is 8.31. The number of aryl methyl sites for hydroxylation is 3. The van der Waals surface area contributed by atoms with Crippen LogP contribution in [-0.2, 0) is 18.3 Å². The highest BCUT2D eigenvalue weighted by atomic mass is 16.4. The first kappa shape index (κ1) is 17.1. The van der Waals surface area contributed by atoms with Gasteiger partial charge in [-0.3, -0.25) is 14.3 Å². The Morgan fingerprint density at radius 1 is 1.36 bits per heavy atom. The van der Waals surface area contributed by atoms with Crippen LogP contribution in [0.15, 0.2) is 18.3 Å². The van der Waals surface area contributed by atoms with E-state index in [9.17, 15) is 9.59 Å². The summed E-state index contributed by atoms with van der Waals surface area (Å²) < 4.78 is 1.56. The van der Waals surface area contributed by atoms with E-state index in [1.54, 1.807) is 35.0 Å². The molecule has 0 aliphatic carbocycles. The van der Waals surface area contributed by atoms with E-state index in [1.165, 1.54) is 0 Å². The summed E-state index contributed by atoms with van der Waals surface area (Å²) in [6.45, 7) is 2.51. The average Bonchev–Trinajstić information content (AvgIpc) is 3.20. The smallest absolute Gasteiger partial charge is 0.303 e. The van der Waals surface area contributed by atoms with Crippen molar-refractivity contribution >= 4 is 11.9 Å². The molecule has 8 heteroatoms. The van der Waals surface area contributed by atoms with Crippen LogP contribution in [0.2, 0.25) is 0 Å². The summed E-state index contributed by atoms with van der Waals surface area (Å²) in [6, 6.07) is 3.31. The second-order valence-corrected chi connectivity index (χ2v) is 6.25. The number of carbonyl (C=O) groups excluding carboxylic acids is 1. The Morgan fingerprint density at radius 3 is 2.84 bits per heavy atom. The SMILES string of the molecule is Cc1cc(CCC(=O)O)nc([C@@H]2CCCN2C(=O)c2ccnn2C)n1. The highest BCUT2D eigenvalue weighted by molar-refractivity contribution is 5.92. The molecule has 0 unspecified atom stereocenters. The Balaban J connectivity index is 1.86. The summed E-state index contributed by atoms with van der Waals surface area (Å²) in [5, 5.41) is 12.9. The quantitative estimate of drug-likeness (QED) is 0.883. The maximum absolute atomic E-state index is 12.8. The molecule has 1 fully saturated rings. The largest absolute Gasteiger partial charge is 0.481 e. The molecule has 0 aromatic carbocycles. The van der Waals surface area contributed by atoms with Crippen LogP contribution in [0.25, 0.3) is 0 Å². The van der Waals surface area contributed by atoms with Gasteiger partial charge in [0.05, 0.1) is 12.5 Å². The summed E-state index contributed by atoms with van der Waals surface area (Å²) >= 11 is 0. The van der Waals surface area contributed by atoms with Gasteiger partial charge in [0.1, 0.15) is 5.69 Å². The molecule has 0 saturated carbocycles. The van der Waals surface area contributed by atoms with Crippen LogP contribution in [0.1, 0.15) is 53.0 Å². The van der Waals surface area contributed by atoms with Gasteiger partial charge in [-0.2, -0.15) is 5.10 Å².